The van der Waals surface area contributed by atoms with E-state index in [1.165, 1.54) is 0 Å². The van der Waals surface area contributed by atoms with Crippen LogP contribution in [0.1, 0.15) is 31.9 Å². The molecule has 4 heteroatoms. The van der Waals surface area contributed by atoms with Crippen LogP contribution in [0.5, 0.6) is 0 Å². The number of rotatable bonds is 3. The fraction of sp³-hybridized carbons (Fsp3) is 0.750. The van der Waals surface area contributed by atoms with Crippen molar-refractivity contribution in [2.24, 2.45) is 5.73 Å². The van der Waals surface area contributed by atoms with Crippen LogP contribution in [0.25, 0.3) is 0 Å². The molecule has 4 nitrogen and oxygen atoms in total. The van der Waals surface area contributed by atoms with Gasteiger partial charge in [-0.05, 0) is 19.9 Å². The lowest BCUT2D eigenvalue weighted by Crippen LogP contribution is -2.23. The van der Waals surface area contributed by atoms with E-state index in [0.717, 1.165) is 18.1 Å². The van der Waals surface area contributed by atoms with Gasteiger partial charge in [-0.2, -0.15) is 5.10 Å². The van der Waals surface area contributed by atoms with Crippen LogP contribution in [0.3, 0.4) is 0 Å². The van der Waals surface area contributed by atoms with Crippen molar-refractivity contribution in [2.75, 3.05) is 6.54 Å². The molecule has 0 aliphatic rings. The minimum atomic E-state index is -0.0144. The fourth-order valence-corrected chi connectivity index (χ4v) is 1.12. The zero-order valence-electron chi connectivity index (χ0n) is 7.89. The summed E-state index contributed by atoms with van der Waals surface area (Å²) in [5.41, 5.74) is 5.48. The SMILES string of the molecule is Cc1nc(C(C)(C)CCN)n[nH]1. The number of aromatic amines is 1. The second kappa shape index (κ2) is 3.23. The Hall–Kier alpha value is -0.900. The van der Waals surface area contributed by atoms with E-state index >= 15 is 0 Å². The zero-order valence-corrected chi connectivity index (χ0v) is 7.89. The molecule has 0 fully saturated rings. The maximum absolute atomic E-state index is 5.49. The molecule has 1 rings (SSSR count). The van der Waals surface area contributed by atoms with Gasteiger partial charge in [0.25, 0.3) is 0 Å². The number of nitrogens with zero attached hydrogens (tertiary/aromatic N) is 2. The van der Waals surface area contributed by atoms with E-state index < -0.39 is 0 Å². The van der Waals surface area contributed by atoms with Crippen LogP contribution in [-0.2, 0) is 5.41 Å². The molecule has 0 aliphatic heterocycles. The lowest BCUT2D eigenvalue weighted by molar-refractivity contribution is 0.459. The lowest BCUT2D eigenvalue weighted by atomic mass is 9.89. The third-order valence-electron chi connectivity index (χ3n) is 1.97. The second-order valence-electron chi connectivity index (χ2n) is 3.67. The van der Waals surface area contributed by atoms with Crippen LogP contribution in [0, 0.1) is 6.92 Å². The Balaban J connectivity index is 2.81. The quantitative estimate of drug-likeness (QED) is 0.699. The molecule has 1 heterocycles. The van der Waals surface area contributed by atoms with Crippen molar-refractivity contribution in [1.29, 1.82) is 0 Å². The molecule has 0 saturated heterocycles. The number of hydrogen-bond acceptors (Lipinski definition) is 3. The van der Waals surface area contributed by atoms with E-state index in [9.17, 15) is 0 Å². The Morgan fingerprint density at radius 3 is 2.58 bits per heavy atom. The van der Waals surface area contributed by atoms with Crippen molar-refractivity contribution in [2.45, 2.75) is 32.6 Å². The van der Waals surface area contributed by atoms with Crippen molar-refractivity contribution in [1.82, 2.24) is 15.2 Å². The van der Waals surface area contributed by atoms with Gasteiger partial charge in [-0.3, -0.25) is 5.10 Å². The highest BCUT2D eigenvalue weighted by Gasteiger charge is 2.23. The van der Waals surface area contributed by atoms with Crippen LogP contribution in [0.15, 0.2) is 0 Å². The summed E-state index contributed by atoms with van der Waals surface area (Å²) in [6, 6.07) is 0. The molecule has 0 spiro atoms. The molecule has 0 saturated carbocycles. The van der Waals surface area contributed by atoms with E-state index in [4.69, 9.17) is 5.73 Å². The Kier molecular flexibility index (Phi) is 2.47. The summed E-state index contributed by atoms with van der Waals surface area (Å²) >= 11 is 0. The van der Waals surface area contributed by atoms with E-state index in [2.05, 4.69) is 29.0 Å². The number of nitrogens with one attached hydrogen (secondary N) is 1. The fourth-order valence-electron chi connectivity index (χ4n) is 1.12. The molecule has 12 heavy (non-hydrogen) atoms. The first-order valence-corrected chi connectivity index (χ1v) is 4.16. The van der Waals surface area contributed by atoms with Crippen molar-refractivity contribution in [3.05, 3.63) is 11.6 Å². The van der Waals surface area contributed by atoms with Gasteiger partial charge in [0.1, 0.15) is 5.82 Å². The van der Waals surface area contributed by atoms with Gasteiger partial charge in [0.15, 0.2) is 5.82 Å². The minimum Gasteiger partial charge on any atom is -0.330 e. The Morgan fingerprint density at radius 1 is 1.50 bits per heavy atom. The minimum absolute atomic E-state index is 0.0144. The van der Waals surface area contributed by atoms with Gasteiger partial charge in [0, 0.05) is 5.41 Å². The molecule has 1 aromatic rings. The van der Waals surface area contributed by atoms with Gasteiger partial charge in [-0.15, -0.1) is 0 Å². The largest absolute Gasteiger partial charge is 0.330 e. The molecule has 0 bridgehead atoms. The monoisotopic (exact) mass is 168 g/mol. The standard InChI is InChI=1S/C8H16N4/c1-6-10-7(12-11-6)8(2,3)4-5-9/h4-5,9H2,1-3H3,(H,10,11,12). The van der Waals surface area contributed by atoms with Gasteiger partial charge in [-0.25, -0.2) is 4.98 Å². The summed E-state index contributed by atoms with van der Waals surface area (Å²) in [7, 11) is 0. The number of hydrogen-bond donors (Lipinski definition) is 2. The summed E-state index contributed by atoms with van der Waals surface area (Å²) in [4.78, 5) is 4.28. The zero-order chi connectivity index (χ0) is 9.19. The van der Waals surface area contributed by atoms with E-state index in [1.807, 2.05) is 6.92 Å². The highest BCUT2D eigenvalue weighted by atomic mass is 15.2. The van der Waals surface area contributed by atoms with Crippen LogP contribution in [-0.4, -0.2) is 21.7 Å². The van der Waals surface area contributed by atoms with E-state index in [0.29, 0.717) is 6.54 Å². The maximum Gasteiger partial charge on any atom is 0.156 e. The molecular formula is C8H16N4. The first-order valence-electron chi connectivity index (χ1n) is 4.16. The normalized spacial score (nSPS) is 12.0. The molecule has 0 radical (unpaired) electrons. The third kappa shape index (κ3) is 1.82. The molecule has 0 atom stereocenters. The summed E-state index contributed by atoms with van der Waals surface area (Å²) in [5.74, 6) is 1.71. The van der Waals surface area contributed by atoms with Gasteiger partial charge < -0.3 is 5.73 Å². The third-order valence-corrected chi connectivity index (χ3v) is 1.97. The predicted octanol–water partition coefficient (Wildman–Crippen LogP) is 0.740. The smallest absolute Gasteiger partial charge is 0.156 e. The first-order chi connectivity index (χ1) is 5.56. The van der Waals surface area contributed by atoms with Crippen molar-refractivity contribution in [3.63, 3.8) is 0 Å². The molecule has 0 aliphatic carbocycles. The Morgan fingerprint density at radius 2 is 2.17 bits per heavy atom. The summed E-state index contributed by atoms with van der Waals surface area (Å²) in [6.45, 7) is 6.76. The van der Waals surface area contributed by atoms with Gasteiger partial charge in [0.2, 0.25) is 0 Å². The average Bonchev–Trinajstić information content (AvgIpc) is 2.36. The number of nitrogens with two attached hydrogens (primary N) is 1. The average molecular weight is 168 g/mol. The topological polar surface area (TPSA) is 67.6 Å². The van der Waals surface area contributed by atoms with Crippen LogP contribution < -0.4 is 5.73 Å². The Labute approximate surface area is 72.6 Å². The van der Waals surface area contributed by atoms with Crippen LogP contribution in [0.4, 0.5) is 0 Å². The van der Waals surface area contributed by atoms with Crippen molar-refractivity contribution >= 4 is 0 Å². The number of aromatic nitrogens is 3. The van der Waals surface area contributed by atoms with Crippen molar-refractivity contribution in [3.8, 4) is 0 Å². The number of aryl methyl sites for hydroxylation is 1. The molecule has 3 N–H and O–H groups in total. The second-order valence-corrected chi connectivity index (χ2v) is 3.67. The van der Waals surface area contributed by atoms with Gasteiger partial charge >= 0.3 is 0 Å². The molecular weight excluding hydrogens is 152 g/mol. The molecule has 1 aromatic heterocycles. The van der Waals surface area contributed by atoms with Crippen molar-refractivity contribution < 1.29 is 0 Å². The van der Waals surface area contributed by atoms with Crippen LogP contribution in [0.2, 0.25) is 0 Å². The number of H-pyrrole nitrogens is 1. The molecule has 68 valence electrons. The highest BCUT2D eigenvalue weighted by Crippen LogP contribution is 2.22. The summed E-state index contributed by atoms with van der Waals surface area (Å²) in [5, 5.41) is 6.95. The maximum atomic E-state index is 5.49. The van der Waals surface area contributed by atoms with E-state index in [1.54, 1.807) is 0 Å². The first kappa shape index (κ1) is 9.19. The van der Waals surface area contributed by atoms with Gasteiger partial charge in [-0.1, -0.05) is 13.8 Å². The van der Waals surface area contributed by atoms with Crippen LogP contribution >= 0.6 is 0 Å². The molecule has 0 unspecified atom stereocenters. The lowest BCUT2D eigenvalue weighted by Gasteiger charge is -2.19. The van der Waals surface area contributed by atoms with Gasteiger partial charge in [0.05, 0.1) is 0 Å². The Bertz CT molecular complexity index is 251. The summed E-state index contributed by atoms with van der Waals surface area (Å²) < 4.78 is 0. The predicted molar refractivity (Wildman–Crippen MR) is 47.8 cm³/mol. The highest BCUT2D eigenvalue weighted by molar-refractivity contribution is 5.03. The summed E-state index contributed by atoms with van der Waals surface area (Å²) in [6.07, 6.45) is 0.907. The molecule has 0 aromatic carbocycles. The van der Waals surface area contributed by atoms with E-state index in [-0.39, 0.29) is 5.41 Å². The molecule has 0 amide bonds.